The molecular formula is C8H13N3. The predicted octanol–water partition coefficient (Wildman–Crippen LogP) is 0.847. The summed E-state index contributed by atoms with van der Waals surface area (Å²) < 4.78 is 0. The Bertz CT molecular complexity index is 233. The quantitative estimate of drug-likeness (QED) is 0.627. The SMILES string of the molecule is Cc1nnccc1CN(C)C. The van der Waals surface area contributed by atoms with Gasteiger partial charge in [-0.05, 0) is 32.6 Å². The Morgan fingerprint density at radius 3 is 2.73 bits per heavy atom. The van der Waals surface area contributed by atoms with Gasteiger partial charge in [-0.3, -0.25) is 0 Å². The van der Waals surface area contributed by atoms with Crippen LogP contribution in [0, 0.1) is 6.92 Å². The second-order valence-corrected chi connectivity index (χ2v) is 2.88. The lowest BCUT2D eigenvalue weighted by Gasteiger charge is -2.09. The van der Waals surface area contributed by atoms with E-state index in [2.05, 4.69) is 15.1 Å². The average Bonchev–Trinajstić information content (AvgIpc) is 1.93. The predicted molar refractivity (Wildman–Crippen MR) is 44.2 cm³/mol. The maximum absolute atomic E-state index is 3.96. The third-order valence-electron chi connectivity index (χ3n) is 1.50. The molecule has 1 aromatic heterocycles. The van der Waals surface area contributed by atoms with E-state index in [-0.39, 0.29) is 0 Å². The fourth-order valence-electron chi connectivity index (χ4n) is 0.936. The van der Waals surface area contributed by atoms with E-state index >= 15 is 0 Å². The summed E-state index contributed by atoms with van der Waals surface area (Å²) >= 11 is 0. The minimum atomic E-state index is 0.932. The summed E-state index contributed by atoms with van der Waals surface area (Å²) in [6.07, 6.45) is 1.73. The molecule has 0 fully saturated rings. The van der Waals surface area contributed by atoms with Gasteiger partial charge >= 0.3 is 0 Å². The molecule has 0 aliphatic rings. The van der Waals surface area contributed by atoms with E-state index in [0.717, 1.165) is 12.2 Å². The molecule has 0 N–H and O–H groups in total. The largest absolute Gasteiger partial charge is 0.305 e. The van der Waals surface area contributed by atoms with Crippen LogP contribution in [0.3, 0.4) is 0 Å². The van der Waals surface area contributed by atoms with E-state index in [4.69, 9.17) is 0 Å². The summed E-state index contributed by atoms with van der Waals surface area (Å²) in [5.74, 6) is 0. The minimum absolute atomic E-state index is 0.932. The zero-order chi connectivity index (χ0) is 8.27. The Balaban J connectivity index is 2.78. The Hall–Kier alpha value is -0.960. The number of aromatic nitrogens is 2. The highest BCUT2D eigenvalue weighted by atomic mass is 15.1. The maximum atomic E-state index is 3.96. The van der Waals surface area contributed by atoms with Crippen LogP contribution in [0.2, 0.25) is 0 Å². The molecule has 0 aromatic carbocycles. The molecule has 3 nitrogen and oxygen atoms in total. The molecule has 1 heterocycles. The van der Waals surface area contributed by atoms with Crippen LogP contribution in [0.25, 0.3) is 0 Å². The molecular weight excluding hydrogens is 138 g/mol. The third kappa shape index (κ3) is 2.27. The summed E-state index contributed by atoms with van der Waals surface area (Å²) in [5.41, 5.74) is 2.26. The number of aryl methyl sites for hydroxylation is 1. The first-order valence-electron chi connectivity index (χ1n) is 3.62. The van der Waals surface area contributed by atoms with Crippen LogP contribution in [0.5, 0.6) is 0 Å². The van der Waals surface area contributed by atoms with E-state index in [0.29, 0.717) is 0 Å². The minimum Gasteiger partial charge on any atom is -0.305 e. The standard InChI is InChI=1S/C8H13N3/c1-7-8(6-11(2)3)4-5-9-10-7/h4-5H,6H2,1-3H3. The molecule has 1 aromatic rings. The van der Waals surface area contributed by atoms with Crippen molar-refractivity contribution in [1.82, 2.24) is 15.1 Å². The lowest BCUT2D eigenvalue weighted by atomic mass is 10.2. The van der Waals surface area contributed by atoms with E-state index in [9.17, 15) is 0 Å². The summed E-state index contributed by atoms with van der Waals surface area (Å²) in [5, 5.41) is 7.74. The molecule has 0 radical (unpaired) electrons. The molecule has 0 saturated carbocycles. The molecule has 1 rings (SSSR count). The van der Waals surface area contributed by atoms with Crippen LogP contribution in [0.1, 0.15) is 11.3 Å². The first kappa shape index (κ1) is 8.14. The Kier molecular flexibility index (Phi) is 2.54. The van der Waals surface area contributed by atoms with Gasteiger partial charge in [0, 0.05) is 12.7 Å². The molecule has 0 atom stereocenters. The zero-order valence-corrected chi connectivity index (χ0v) is 7.20. The van der Waals surface area contributed by atoms with Gasteiger partial charge in [-0.25, -0.2) is 0 Å². The van der Waals surface area contributed by atoms with Gasteiger partial charge in [-0.1, -0.05) is 0 Å². The third-order valence-corrected chi connectivity index (χ3v) is 1.50. The summed E-state index contributed by atoms with van der Waals surface area (Å²) in [4.78, 5) is 2.12. The second-order valence-electron chi connectivity index (χ2n) is 2.88. The molecule has 3 heteroatoms. The lowest BCUT2D eigenvalue weighted by Crippen LogP contribution is -2.12. The van der Waals surface area contributed by atoms with Crippen LogP contribution in [-0.2, 0) is 6.54 Å². The first-order chi connectivity index (χ1) is 5.20. The van der Waals surface area contributed by atoms with Crippen LogP contribution in [-0.4, -0.2) is 29.2 Å². The van der Waals surface area contributed by atoms with Gasteiger partial charge in [0.05, 0.1) is 5.69 Å². The second kappa shape index (κ2) is 3.44. The maximum Gasteiger partial charge on any atom is 0.0645 e. The Morgan fingerprint density at radius 2 is 2.18 bits per heavy atom. The van der Waals surface area contributed by atoms with E-state index in [1.54, 1.807) is 6.20 Å². The van der Waals surface area contributed by atoms with Crippen molar-refractivity contribution in [3.8, 4) is 0 Å². The topological polar surface area (TPSA) is 29.0 Å². The van der Waals surface area contributed by atoms with Crippen LogP contribution in [0.4, 0.5) is 0 Å². The molecule has 11 heavy (non-hydrogen) atoms. The zero-order valence-electron chi connectivity index (χ0n) is 7.20. The molecule has 0 aliphatic carbocycles. The van der Waals surface area contributed by atoms with Gasteiger partial charge in [0.25, 0.3) is 0 Å². The van der Waals surface area contributed by atoms with E-state index in [1.165, 1.54) is 5.56 Å². The Labute approximate surface area is 67.1 Å². The first-order valence-corrected chi connectivity index (χ1v) is 3.62. The van der Waals surface area contributed by atoms with E-state index in [1.807, 2.05) is 27.1 Å². The Morgan fingerprint density at radius 1 is 1.45 bits per heavy atom. The van der Waals surface area contributed by atoms with Gasteiger partial charge < -0.3 is 4.90 Å². The lowest BCUT2D eigenvalue weighted by molar-refractivity contribution is 0.400. The van der Waals surface area contributed by atoms with Crippen molar-refractivity contribution in [2.24, 2.45) is 0 Å². The molecule has 0 bridgehead atoms. The van der Waals surface area contributed by atoms with E-state index < -0.39 is 0 Å². The van der Waals surface area contributed by atoms with Gasteiger partial charge in [-0.15, -0.1) is 0 Å². The fourth-order valence-corrected chi connectivity index (χ4v) is 0.936. The highest BCUT2D eigenvalue weighted by molar-refractivity contribution is 5.14. The molecule has 60 valence electrons. The van der Waals surface area contributed by atoms with Crippen molar-refractivity contribution >= 4 is 0 Å². The molecule has 0 aliphatic heterocycles. The summed E-state index contributed by atoms with van der Waals surface area (Å²) in [6.45, 7) is 2.91. The molecule has 0 unspecified atom stereocenters. The fraction of sp³-hybridized carbons (Fsp3) is 0.500. The normalized spacial score (nSPS) is 10.5. The summed E-state index contributed by atoms with van der Waals surface area (Å²) in [6, 6.07) is 2.00. The van der Waals surface area contributed by atoms with Gasteiger partial charge in [0.2, 0.25) is 0 Å². The highest BCUT2D eigenvalue weighted by Gasteiger charge is 1.98. The monoisotopic (exact) mass is 151 g/mol. The molecule has 0 saturated heterocycles. The summed E-state index contributed by atoms with van der Waals surface area (Å²) in [7, 11) is 4.08. The number of hydrogen-bond donors (Lipinski definition) is 0. The van der Waals surface area contributed by atoms with Crippen LogP contribution in [0.15, 0.2) is 12.3 Å². The highest BCUT2D eigenvalue weighted by Crippen LogP contribution is 2.03. The van der Waals surface area contributed by atoms with Crippen LogP contribution >= 0.6 is 0 Å². The van der Waals surface area contributed by atoms with Gasteiger partial charge in [0.1, 0.15) is 0 Å². The number of hydrogen-bond acceptors (Lipinski definition) is 3. The van der Waals surface area contributed by atoms with Gasteiger partial charge in [-0.2, -0.15) is 10.2 Å². The average molecular weight is 151 g/mol. The van der Waals surface area contributed by atoms with Crippen molar-refractivity contribution in [2.75, 3.05) is 14.1 Å². The number of rotatable bonds is 2. The van der Waals surface area contributed by atoms with Crippen LogP contribution < -0.4 is 0 Å². The number of nitrogens with zero attached hydrogens (tertiary/aromatic N) is 3. The van der Waals surface area contributed by atoms with Gasteiger partial charge in [0.15, 0.2) is 0 Å². The van der Waals surface area contributed by atoms with Crippen molar-refractivity contribution < 1.29 is 0 Å². The van der Waals surface area contributed by atoms with Crippen molar-refractivity contribution in [3.63, 3.8) is 0 Å². The molecule has 0 amide bonds. The smallest absolute Gasteiger partial charge is 0.0645 e. The van der Waals surface area contributed by atoms with Crippen molar-refractivity contribution in [3.05, 3.63) is 23.5 Å². The molecule has 0 spiro atoms. The van der Waals surface area contributed by atoms with Crippen molar-refractivity contribution in [2.45, 2.75) is 13.5 Å². The van der Waals surface area contributed by atoms with Crippen molar-refractivity contribution in [1.29, 1.82) is 0 Å².